The Bertz CT molecular complexity index is 214. The van der Waals surface area contributed by atoms with Gasteiger partial charge in [0.25, 0.3) is 0 Å². The van der Waals surface area contributed by atoms with Crippen LogP contribution in [0, 0.1) is 0 Å². The summed E-state index contributed by atoms with van der Waals surface area (Å²) in [5.41, 5.74) is 3.58. The first-order valence-corrected chi connectivity index (χ1v) is 4.17. The fraction of sp³-hybridized carbons (Fsp3) is 0.750. The summed E-state index contributed by atoms with van der Waals surface area (Å²) >= 11 is 0. The van der Waals surface area contributed by atoms with Gasteiger partial charge in [-0.2, -0.15) is 0 Å². The quantitative estimate of drug-likeness (QED) is 0.528. The van der Waals surface area contributed by atoms with Crippen molar-refractivity contribution in [3.8, 4) is 0 Å². The highest BCUT2D eigenvalue weighted by atomic mass is 16.7. The molecule has 0 saturated heterocycles. The molecule has 0 heterocycles. The Hall–Kier alpha value is -1.30. The van der Waals surface area contributed by atoms with Gasteiger partial charge in [0, 0.05) is 0 Å². The first-order chi connectivity index (χ1) is 6.44. The van der Waals surface area contributed by atoms with Crippen molar-refractivity contribution in [1.82, 2.24) is 0 Å². The fourth-order valence-electron chi connectivity index (χ4n) is 0.652. The van der Waals surface area contributed by atoms with Gasteiger partial charge in [-0.15, -0.1) is 0 Å². The van der Waals surface area contributed by atoms with E-state index < -0.39 is 17.7 Å². The summed E-state index contributed by atoms with van der Waals surface area (Å²) in [7, 11) is 0. The maximum Gasteiger partial charge on any atom is 0.510 e. The van der Waals surface area contributed by atoms with Crippen molar-refractivity contribution < 1.29 is 23.8 Å². The highest BCUT2D eigenvalue weighted by Crippen LogP contribution is 2.12. The van der Waals surface area contributed by atoms with E-state index in [1.165, 1.54) is 13.8 Å². The van der Waals surface area contributed by atoms with Gasteiger partial charge in [0.1, 0.15) is 6.73 Å². The van der Waals surface area contributed by atoms with Crippen molar-refractivity contribution in [2.75, 3.05) is 13.3 Å². The van der Waals surface area contributed by atoms with Crippen LogP contribution in [-0.2, 0) is 19.0 Å². The Labute approximate surface area is 82.3 Å². The molecule has 0 radical (unpaired) electrons. The molecule has 0 aromatic carbocycles. The SMILES string of the molecule is CCOC(=O)C(C)(C)OC(=O)OCN. The van der Waals surface area contributed by atoms with E-state index in [9.17, 15) is 9.59 Å². The van der Waals surface area contributed by atoms with E-state index >= 15 is 0 Å². The van der Waals surface area contributed by atoms with E-state index in [0.29, 0.717) is 0 Å². The van der Waals surface area contributed by atoms with E-state index in [2.05, 4.69) is 14.2 Å². The molecule has 0 saturated carbocycles. The topological polar surface area (TPSA) is 87.8 Å². The third-order valence-electron chi connectivity index (χ3n) is 1.31. The van der Waals surface area contributed by atoms with Crippen molar-refractivity contribution in [3.63, 3.8) is 0 Å². The molecule has 0 aromatic heterocycles. The zero-order chi connectivity index (χ0) is 11.2. The fourth-order valence-corrected chi connectivity index (χ4v) is 0.652. The average molecular weight is 205 g/mol. The minimum Gasteiger partial charge on any atom is -0.463 e. The summed E-state index contributed by atoms with van der Waals surface area (Å²) in [4.78, 5) is 22.1. The van der Waals surface area contributed by atoms with Gasteiger partial charge in [-0.05, 0) is 20.8 Å². The number of esters is 1. The summed E-state index contributed by atoms with van der Waals surface area (Å²) in [5, 5.41) is 0. The number of carbonyl (C=O) groups excluding carboxylic acids is 2. The monoisotopic (exact) mass is 205 g/mol. The molecule has 0 bridgehead atoms. The van der Waals surface area contributed by atoms with Crippen LogP contribution < -0.4 is 5.73 Å². The van der Waals surface area contributed by atoms with Crippen LogP contribution in [0.4, 0.5) is 4.79 Å². The summed E-state index contributed by atoms with van der Waals surface area (Å²) < 4.78 is 13.7. The van der Waals surface area contributed by atoms with Gasteiger partial charge < -0.3 is 14.2 Å². The Balaban J connectivity index is 4.18. The first-order valence-electron chi connectivity index (χ1n) is 4.17. The van der Waals surface area contributed by atoms with Crippen molar-refractivity contribution in [1.29, 1.82) is 0 Å². The lowest BCUT2D eigenvalue weighted by atomic mass is 10.1. The van der Waals surface area contributed by atoms with Gasteiger partial charge in [0.05, 0.1) is 6.61 Å². The average Bonchev–Trinajstić information content (AvgIpc) is 2.03. The molecule has 6 nitrogen and oxygen atoms in total. The van der Waals surface area contributed by atoms with Crippen LogP contribution >= 0.6 is 0 Å². The van der Waals surface area contributed by atoms with Gasteiger partial charge in [-0.3, -0.25) is 5.73 Å². The van der Waals surface area contributed by atoms with Crippen LogP contribution in [-0.4, -0.2) is 31.1 Å². The Morgan fingerprint density at radius 3 is 2.29 bits per heavy atom. The van der Waals surface area contributed by atoms with Crippen molar-refractivity contribution >= 4 is 12.1 Å². The number of carbonyl (C=O) groups is 2. The second-order valence-corrected chi connectivity index (χ2v) is 2.89. The van der Waals surface area contributed by atoms with E-state index in [1.807, 2.05) is 0 Å². The van der Waals surface area contributed by atoms with Crippen molar-refractivity contribution in [3.05, 3.63) is 0 Å². The Kier molecular flexibility index (Phi) is 4.93. The maximum atomic E-state index is 11.2. The molecule has 2 N–H and O–H groups in total. The molecule has 0 aliphatic carbocycles. The second-order valence-electron chi connectivity index (χ2n) is 2.89. The number of ether oxygens (including phenoxy) is 3. The molecule has 6 heteroatoms. The molecule has 0 spiro atoms. The van der Waals surface area contributed by atoms with Crippen molar-refractivity contribution in [2.24, 2.45) is 5.73 Å². The smallest absolute Gasteiger partial charge is 0.463 e. The molecule has 0 atom stereocenters. The van der Waals surface area contributed by atoms with Crippen LogP contribution in [0.3, 0.4) is 0 Å². The lowest BCUT2D eigenvalue weighted by Crippen LogP contribution is -2.39. The molecule has 0 unspecified atom stereocenters. The molecule has 0 aliphatic rings. The van der Waals surface area contributed by atoms with Crippen LogP contribution in [0.25, 0.3) is 0 Å². The molecular weight excluding hydrogens is 190 g/mol. The Morgan fingerprint density at radius 1 is 1.29 bits per heavy atom. The van der Waals surface area contributed by atoms with E-state index in [4.69, 9.17) is 5.73 Å². The maximum absolute atomic E-state index is 11.2. The number of hydrogen-bond donors (Lipinski definition) is 1. The summed E-state index contributed by atoms with van der Waals surface area (Å²) in [6.45, 7) is 4.40. The van der Waals surface area contributed by atoms with E-state index in [1.54, 1.807) is 6.92 Å². The lowest BCUT2D eigenvalue weighted by Gasteiger charge is -2.21. The lowest BCUT2D eigenvalue weighted by molar-refractivity contribution is -0.163. The number of nitrogens with two attached hydrogens (primary N) is 1. The molecule has 0 rings (SSSR count). The first kappa shape index (κ1) is 12.7. The predicted molar refractivity (Wildman–Crippen MR) is 47.3 cm³/mol. The summed E-state index contributed by atoms with van der Waals surface area (Å²) in [5.74, 6) is -0.631. The molecule has 0 fully saturated rings. The van der Waals surface area contributed by atoms with Gasteiger partial charge in [0.2, 0.25) is 5.60 Å². The normalized spacial score (nSPS) is 10.6. The molecule has 0 aromatic rings. The third-order valence-corrected chi connectivity index (χ3v) is 1.31. The minimum absolute atomic E-state index is 0.220. The van der Waals surface area contributed by atoms with Crippen LogP contribution in [0.5, 0.6) is 0 Å². The molecule has 82 valence electrons. The molecule has 0 amide bonds. The summed E-state index contributed by atoms with van der Waals surface area (Å²) in [6.07, 6.45) is -0.995. The minimum atomic E-state index is -1.36. The second kappa shape index (κ2) is 5.43. The third kappa shape index (κ3) is 4.08. The van der Waals surface area contributed by atoms with Crippen LogP contribution in [0.1, 0.15) is 20.8 Å². The van der Waals surface area contributed by atoms with E-state index in [0.717, 1.165) is 0 Å². The van der Waals surface area contributed by atoms with E-state index in [-0.39, 0.29) is 13.3 Å². The van der Waals surface area contributed by atoms with Crippen LogP contribution in [0.2, 0.25) is 0 Å². The Morgan fingerprint density at radius 2 is 1.86 bits per heavy atom. The predicted octanol–water partition coefficient (Wildman–Crippen LogP) is 0.398. The van der Waals surface area contributed by atoms with Crippen LogP contribution in [0.15, 0.2) is 0 Å². The van der Waals surface area contributed by atoms with Gasteiger partial charge in [0.15, 0.2) is 0 Å². The molecule has 14 heavy (non-hydrogen) atoms. The summed E-state index contributed by atoms with van der Waals surface area (Å²) in [6, 6.07) is 0. The van der Waals surface area contributed by atoms with Gasteiger partial charge in [-0.1, -0.05) is 0 Å². The standard InChI is InChI=1S/C8H15NO5/c1-4-12-6(10)8(2,3)14-7(11)13-5-9/h4-5,9H2,1-3H3. The van der Waals surface area contributed by atoms with Gasteiger partial charge in [-0.25, -0.2) is 9.59 Å². The highest BCUT2D eigenvalue weighted by molar-refractivity contribution is 5.81. The van der Waals surface area contributed by atoms with Crippen molar-refractivity contribution in [2.45, 2.75) is 26.4 Å². The zero-order valence-corrected chi connectivity index (χ0v) is 8.53. The largest absolute Gasteiger partial charge is 0.510 e. The van der Waals surface area contributed by atoms with Gasteiger partial charge >= 0.3 is 12.1 Å². The zero-order valence-electron chi connectivity index (χ0n) is 8.53. The molecular formula is C8H15NO5. The highest BCUT2D eigenvalue weighted by Gasteiger charge is 2.34. The number of rotatable bonds is 4. The number of hydrogen-bond acceptors (Lipinski definition) is 6. The molecule has 0 aliphatic heterocycles.